The van der Waals surface area contributed by atoms with Gasteiger partial charge in [-0.15, -0.1) is 0 Å². The minimum atomic E-state index is -4.20. The zero-order valence-corrected chi connectivity index (χ0v) is 40.4. The van der Waals surface area contributed by atoms with Crippen molar-refractivity contribution in [3.05, 3.63) is 167 Å². The van der Waals surface area contributed by atoms with Crippen LogP contribution in [0.4, 0.5) is 5.69 Å². The molecule has 0 aliphatic carbocycles. The van der Waals surface area contributed by atoms with Crippen LogP contribution >= 0.6 is 7.75 Å². The first kappa shape index (κ1) is 44.9. The van der Waals surface area contributed by atoms with Crippen LogP contribution in [0.5, 0.6) is 5.75 Å². The van der Waals surface area contributed by atoms with Gasteiger partial charge in [0.05, 0.1) is 24.9 Å². The Bertz CT molecular complexity index is 3410. The Labute approximate surface area is 409 Å². The molecule has 8 aromatic rings. The summed E-state index contributed by atoms with van der Waals surface area (Å²) in [6.07, 6.45) is 3.06. The van der Waals surface area contributed by atoms with Gasteiger partial charge in [0.25, 0.3) is 5.91 Å². The van der Waals surface area contributed by atoms with Crippen molar-refractivity contribution in [3.63, 3.8) is 0 Å². The highest BCUT2D eigenvalue weighted by Gasteiger charge is 2.62. The number of carbonyl (C=O) groups excluding carboxylic acids is 2. The molecule has 0 radical (unpaired) electrons. The number of fused-ring (bicyclic) bond motifs is 7. The first-order valence-corrected chi connectivity index (χ1v) is 25.6. The fraction of sp³-hybridized carbons (Fsp3) is 0.273. The molecule has 2 amide bonds. The lowest BCUT2D eigenvalue weighted by Gasteiger charge is -2.30. The van der Waals surface area contributed by atoms with Crippen LogP contribution in [0.1, 0.15) is 86.0 Å². The number of hydrogen-bond donors (Lipinski definition) is 4. The highest BCUT2D eigenvalue weighted by Crippen LogP contribution is 2.62. The summed E-state index contributed by atoms with van der Waals surface area (Å²) in [4.78, 5) is 38.4. The van der Waals surface area contributed by atoms with Crippen LogP contribution in [0.3, 0.4) is 0 Å². The molecule has 0 fully saturated rings. The third kappa shape index (κ3) is 7.08. The van der Waals surface area contributed by atoms with Gasteiger partial charge < -0.3 is 34.6 Å². The van der Waals surface area contributed by atoms with Crippen molar-refractivity contribution in [2.24, 2.45) is 5.92 Å². The number of aliphatic hydroxyl groups is 1. The molecule has 1 spiro atoms. The molecule has 5 aromatic carbocycles. The van der Waals surface area contributed by atoms with Crippen molar-refractivity contribution in [3.8, 4) is 39.8 Å². The van der Waals surface area contributed by atoms with Gasteiger partial charge in [-0.1, -0.05) is 131 Å². The maximum absolute atomic E-state index is 15.7. The molecule has 71 heavy (non-hydrogen) atoms. The van der Waals surface area contributed by atoms with Crippen molar-refractivity contribution in [1.82, 2.24) is 24.9 Å². The fourth-order valence-corrected chi connectivity index (χ4v) is 12.3. The second-order valence-electron chi connectivity index (χ2n) is 19.0. The Morgan fingerprint density at radius 2 is 1.59 bits per heavy atom. The highest BCUT2D eigenvalue weighted by atomic mass is 31.2. The molecule has 4 aliphatic heterocycles. The average molecular weight is 971 g/mol. The number of nitrogens with one attached hydrogen (secondary N) is 3. The van der Waals surface area contributed by atoms with E-state index in [4.69, 9.17) is 32.6 Å². The summed E-state index contributed by atoms with van der Waals surface area (Å²) < 4.78 is 51.1. The summed E-state index contributed by atoms with van der Waals surface area (Å²) in [6, 6.07) is 35.0. The Morgan fingerprint density at radius 3 is 2.30 bits per heavy atom. The normalized spacial score (nSPS) is 19.6. The highest BCUT2D eigenvalue weighted by molar-refractivity contribution is 7.52. The van der Waals surface area contributed by atoms with Gasteiger partial charge in [-0.25, -0.2) is 14.5 Å². The van der Waals surface area contributed by atoms with E-state index in [0.717, 1.165) is 44.6 Å². The molecule has 4 atom stereocenters. The SMILES string of the molecule is CCC(O)(CC)C(=O)N[C@H]1Cc2ccc3c(c2)[C@]24c5cccc(c5NC2O3)-c2cccc3c2c(cn3P(=O)(OCc2ccccc2)OCc2ccccc2)-c2cnc(o2)-c2nc(oc24)[C@H](C(C)C)NC1=O. The van der Waals surface area contributed by atoms with Crippen LogP contribution < -0.4 is 20.7 Å². The van der Waals surface area contributed by atoms with Crippen LogP contribution in [0.15, 0.2) is 136 Å². The minimum Gasteiger partial charge on any atom is -0.469 e. The van der Waals surface area contributed by atoms with E-state index in [1.54, 1.807) is 30.6 Å². The van der Waals surface area contributed by atoms with E-state index >= 15 is 4.57 Å². The number of anilines is 1. The third-order valence-electron chi connectivity index (χ3n) is 14.6. The monoisotopic (exact) mass is 970 g/mol. The minimum absolute atomic E-state index is 0.0162. The molecule has 0 saturated carbocycles. The fourth-order valence-electron chi connectivity index (χ4n) is 10.6. The maximum Gasteiger partial charge on any atom is 0.440 e. The standard InChI is InChI=1S/C55H51N6O9P/c1-5-54(64,6-2)52(63)57-40-26-34-23-24-42-39(25-34)55-38-21-13-20-36(46(38)60-53(55)69-42)35-19-14-22-41-44(35)37(43-27-56-50(68-43)47-48(55)70-51(59-47)45(31(3)4)58-49(40)62)28-61(41)71(65,66-29-32-15-9-7-10-16-32)67-30-33-17-11-8-12-18-33/h7-25,27-28,31,40,45,53,60,64H,5-6,26,29-30H2,1-4H3,(H,57,63)(H,58,62)/t40-,45-,53?,55-/m0/s1. The molecule has 360 valence electrons. The van der Waals surface area contributed by atoms with Crippen molar-refractivity contribution < 1.29 is 41.9 Å². The summed E-state index contributed by atoms with van der Waals surface area (Å²) in [6.45, 7) is 7.41. The van der Waals surface area contributed by atoms with E-state index in [-0.39, 0.29) is 50.2 Å². The van der Waals surface area contributed by atoms with E-state index < -0.39 is 48.9 Å². The van der Waals surface area contributed by atoms with Gasteiger partial charge in [-0.2, -0.15) is 0 Å². The molecule has 7 heterocycles. The summed E-state index contributed by atoms with van der Waals surface area (Å²) in [5.74, 6) is 0.334. The van der Waals surface area contributed by atoms with Crippen molar-refractivity contribution in [1.29, 1.82) is 0 Å². The molecule has 12 rings (SSSR count). The maximum atomic E-state index is 15.7. The van der Waals surface area contributed by atoms with Gasteiger partial charge in [0.15, 0.2) is 23.4 Å². The van der Waals surface area contributed by atoms with E-state index in [0.29, 0.717) is 39.4 Å². The molecule has 4 aliphatic rings. The second-order valence-corrected chi connectivity index (χ2v) is 20.9. The summed E-state index contributed by atoms with van der Waals surface area (Å²) in [7, 11) is -4.20. The van der Waals surface area contributed by atoms with Crippen LogP contribution in [-0.2, 0) is 48.3 Å². The molecular weight excluding hydrogens is 920 g/mol. The van der Waals surface area contributed by atoms with Gasteiger partial charge in [0, 0.05) is 45.9 Å². The Hall–Kier alpha value is -7.29. The van der Waals surface area contributed by atoms with Gasteiger partial charge in [-0.05, 0) is 53.1 Å². The van der Waals surface area contributed by atoms with Gasteiger partial charge in [-0.3, -0.25) is 23.0 Å². The van der Waals surface area contributed by atoms with E-state index in [1.807, 2.05) is 123 Å². The summed E-state index contributed by atoms with van der Waals surface area (Å²) >= 11 is 0. The number of hydrogen-bond acceptors (Lipinski definition) is 12. The van der Waals surface area contributed by atoms with Crippen LogP contribution in [0, 0.1) is 5.92 Å². The van der Waals surface area contributed by atoms with Gasteiger partial charge in [0.1, 0.15) is 28.8 Å². The molecule has 1 unspecified atom stereocenters. The Balaban J connectivity index is 1.08. The number of nitrogens with zero attached hydrogens (tertiary/aromatic N) is 3. The van der Waals surface area contributed by atoms with Gasteiger partial charge >= 0.3 is 7.75 Å². The van der Waals surface area contributed by atoms with Crippen LogP contribution in [0.25, 0.3) is 44.9 Å². The topological polar surface area (TPSA) is 192 Å². The zero-order valence-electron chi connectivity index (χ0n) is 39.5. The predicted octanol–water partition coefficient (Wildman–Crippen LogP) is 10.2. The molecule has 4 N–H and O–H groups in total. The number of rotatable bonds is 12. The van der Waals surface area contributed by atoms with E-state index in [9.17, 15) is 14.7 Å². The van der Waals surface area contributed by atoms with Gasteiger partial charge in [0.2, 0.25) is 17.7 Å². The Morgan fingerprint density at radius 1 is 0.887 bits per heavy atom. The third-order valence-corrected chi connectivity index (χ3v) is 16.3. The van der Waals surface area contributed by atoms with E-state index in [2.05, 4.69) is 22.0 Å². The number of para-hydroxylation sites is 1. The molecule has 15 nitrogen and oxygen atoms in total. The number of aromatic nitrogens is 3. The number of benzene rings is 5. The quantitative estimate of drug-likeness (QED) is 0.0849. The zero-order chi connectivity index (χ0) is 48.8. The first-order chi connectivity index (χ1) is 34.4. The average Bonchev–Trinajstić information content (AvgIpc) is 4.23. The Kier molecular flexibility index (Phi) is 10.7. The first-order valence-electron chi connectivity index (χ1n) is 24.1. The summed E-state index contributed by atoms with van der Waals surface area (Å²) in [5.41, 5.74) is 4.95. The number of carbonyl (C=O) groups is 2. The number of ether oxygens (including phenoxy) is 1. The van der Waals surface area contributed by atoms with Crippen molar-refractivity contribution in [2.45, 2.75) is 89.5 Å². The van der Waals surface area contributed by atoms with Crippen LogP contribution in [-0.4, -0.2) is 49.1 Å². The lowest BCUT2D eigenvalue weighted by molar-refractivity contribution is -0.143. The lowest BCUT2D eigenvalue weighted by Crippen LogP contribution is -2.55. The molecular formula is C55H51N6O9P. The largest absolute Gasteiger partial charge is 0.469 e. The molecule has 0 saturated heterocycles. The second kappa shape index (κ2) is 16.9. The smallest absolute Gasteiger partial charge is 0.440 e. The van der Waals surface area contributed by atoms with Crippen molar-refractivity contribution in [2.75, 3.05) is 5.32 Å². The number of amides is 2. The van der Waals surface area contributed by atoms with E-state index in [1.165, 1.54) is 0 Å². The van der Waals surface area contributed by atoms with Crippen molar-refractivity contribution >= 4 is 36.2 Å². The molecule has 3 aromatic heterocycles. The molecule has 16 heteroatoms. The summed E-state index contributed by atoms with van der Waals surface area (Å²) in [5, 5.41) is 21.8. The van der Waals surface area contributed by atoms with Crippen LogP contribution in [0.2, 0.25) is 0 Å². The predicted molar refractivity (Wildman–Crippen MR) is 265 cm³/mol. The lowest BCUT2D eigenvalue weighted by atomic mass is 9.72. The number of oxazole rings is 2. The molecule has 10 bridgehead atoms.